The predicted molar refractivity (Wildman–Crippen MR) is 160 cm³/mol. The van der Waals surface area contributed by atoms with Gasteiger partial charge in [-0.3, -0.25) is 9.59 Å². The molecule has 0 aromatic heterocycles. The summed E-state index contributed by atoms with van der Waals surface area (Å²) in [5, 5.41) is 9.13. The lowest BCUT2D eigenvalue weighted by Gasteiger charge is -2.31. The van der Waals surface area contributed by atoms with Crippen molar-refractivity contribution >= 4 is 33.2 Å². The maximum absolute atomic E-state index is 15.2. The van der Waals surface area contributed by atoms with Crippen LogP contribution in [0.25, 0.3) is 11.1 Å². The number of nitrogens with zero attached hydrogens (tertiary/aromatic N) is 1. The number of methoxy groups -OCH3 is 1. The van der Waals surface area contributed by atoms with Gasteiger partial charge in [0.05, 0.1) is 23.5 Å². The van der Waals surface area contributed by atoms with Crippen molar-refractivity contribution in [3.63, 3.8) is 0 Å². The number of ether oxygens (including phenoxy) is 1. The third kappa shape index (κ3) is 6.22. The van der Waals surface area contributed by atoms with Crippen LogP contribution < -0.4 is 32.5 Å². The van der Waals surface area contributed by atoms with Crippen LogP contribution >= 0.6 is 0 Å². The zero-order valence-electron chi connectivity index (χ0n) is 24.3. The van der Waals surface area contributed by atoms with Crippen molar-refractivity contribution in [1.29, 1.82) is 0 Å². The van der Waals surface area contributed by atoms with Crippen LogP contribution in [0.1, 0.15) is 35.2 Å². The fraction of sp³-hybridized carbons (Fsp3) is 0.300. The molecular weight excluding hydrogens is 632 g/mol. The van der Waals surface area contributed by atoms with Gasteiger partial charge in [0.15, 0.2) is 5.84 Å². The molecule has 0 spiro atoms. The third-order valence-corrected chi connectivity index (χ3v) is 9.93. The molecule has 244 valence electrons. The van der Waals surface area contributed by atoms with Crippen LogP contribution in [0.2, 0.25) is 0 Å². The summed E-state index contributed by atoms with van der Waals surface area (Å²) in [4.78, 5) is 26.1. The van der Waals surface area contributed by atoms with Gasteiger partial charge in [0, 0.05) is 28.9 Å². The van der Waals surface area contributed by atoms with Crippen molar-refractivity contribution in [2.45, 2.75) is 35.7 Å². The molecule has 3 aromatic carbocycles. The fourth-order valence-electron chi connectivity index (χ4n) is 6.28. The lowest BCUT2D eigenvalue weighted by Crippen LogP contribution is -2.48. The zero-order chi connectivity index (χ0) is 33.4. The van der Waals surface area contributed by atoms with Gasteiger partial charge in [-0.1, -0.05) is 30.3 Å². The summed E-state index contributed by atoms with van der Waals surface area (Å²) >= 11 is 0. The van der Waals surface area contributed by atoms with E-state index in [1.54, 1.807) is 24.3 Å². The Morgan fingerprint density at radius 3 is 2.37 bits per heavy atom. The van der Waals surface area contributed by atoms with E-state index >= 15 is 4.39 Å². The van der Waals surface area contributed by atoms with Gasteiger partial charge in [-0.05, 0) is 60.9 Å². The lowest BCUT2D eigenvalue weighted by atomic mass is 9.83. The van der Waals surface area contributed by atoms with E-state index in [-0.39, 0.29) is 40.2 Å². The highest BCUT2D eigenvalue weighted by Crippen LogP contribution is 2.49. The van der Waals surface area contributed by atoms with Crippen LogP contribution in [0.4, 0.5) is 23.2 Å². The average Bonchev–Trinajstić information content (AvgIpc) is 3.63. The Balaban J connectivity index is 1.39. The topological polar surface area (TPSA) is 178 Å². The monoisotopic (exact) mass is 662 g/mol. The van der Waals surface area contributed by atoms with Gasteiger partial charge < -0.3 is 21.1 Å². The molecule has 2 fully saturated rings. The van der Waals surface area contributed by atoms with E-state index in [2.05, 4.69) is 21.3 Å². The second kappa shape index (κ2) is 12.6. The number of hydrogen-bond donors (Lipinski definition) is 5. The molecule has 2 saturated carbocycles. The third-order valence-electron chi connectivity index (χ3n) is 8.44. The second-order valence-electron chi connectivity index (χ2n) is 11.1. The molecule has 2 aliphatic carbocycles. The van der Waals surface area contributed by atoms with Crippen molar-refractivity contribution in [2.75, 3.05) is 12.4 Å². The van der Waals surface area contributed by atoms with Gasteiger partial charge in [0.1, 0.15) is 11.6 Å². The van der Waals surface area contributed by atoms with E-state index in [9.17, 15) is 31.2 Å². The summed E-state index contributed by atoms with van der Waals surface area (Å²) in [5.74, 6) is 2.46. The van der Waals surface area contributed by atoms with E-state index in [1.807, 2.05) is 0 Å². The quantitative estimate of drug-likeness (QED) is 0.0758. The minimum Gasteiger partial charge on any atom is -0.496 e. The number of nitrogens with two attached hydrogens (primary N) is 2. The molecule has 46 heavy (non-hydrogen) atoms. The van der Waals surface area contributed by atoms with Gasteiger partial charge in [0.25, 0.3) is 15.7 Å². The van der Waals surface area contributed by atoms with E-state index in [4.69, 9.17) is 16.3 Å². The number of alkyl halides is 3. The number of hydrazone groups is 1. The molecule has 0 radical (unpaired) electrons. The Kier molecular flexibility index (Phi) is 8.95. The molecule has 4 atom stereocenters. The molecule has 7 N–H and O–H groups in total. The number of anilines is 1. The Morgan fingerprint density at radius 1 is 1.02 bits per heavy atom. The normalized spacial score (nSPS) is 21.1. The highest BCUT2D eigenvalue weighted by molar-refractivity contribution is 7.92. The fourth-order valence-corrected chi connectivity index (χ4v) is 7.09. The Morgan fingerprint density at radius 2 is 1.72 bits per heavy atom. The number of hydrogen-bond acceptors (Lipinski definition) is 8. The highest BCUT2D eigenvalue weighted by Gasteiger charge is 2.52. The molecular formula is C30H30F4N6O5S. The molecule has 3 aromatic rings. The van der Waals surface area contributed by atoms with Crippen molar-refractivity contribution in [3.05, 3.63) is 77.6 Å². The summed E-state index contributed by atoms with van der Waals surface area (Å²) in [6.07, 6.45) is 2.08. The van der Waals surface area contributed by atoms with Crippen LogP contribution in [-0.2, 0) is 14.6 Å². The maximum Gasteiger partial charge on any atom is 0.501 e. The molecule has 0 saturated heterocycles. The van der Waals surface area contributed by atoms with E-state index in [1.165, 1.54) is 19.2 Å². The standard InChI is InChI=1S/C30H30F4N6O5S/c1-45-24-14-23(31)21(15-5-7-16(8-6-15)27(35)39-40-36)13-22(24)28(41)38-26-18-10-9-17(11-18)25(26)29(42)37-19-3-2-4-20(12-19)46(43,44)30(32,33)34/h2-8,12-14,17-18,25-26,40H,9-11,36H2,1H3,(H2,35,39)(H,37,42)(H,38,41). The van der Waals surface area contributed by atoms with Crippen LogP contribution in [0.15, 0.2) is 70.7 Å². The predicted octanol–water partition coefficient (Wildman–Crippen LogP) is 3.66. The summed E-state index contributed by atoms with van der Waals surface area (Å²) in [6, 6.07) is 12.1. The van der Waals surface area contributed by atoms with Gasteiger partial charge >= 0.3 is 5.51 Å². The highest BCUT2D eigenvalue weighted by atomic mass is 32.2. The molecule has 2 aliphatic rings. The van der Waals surface area contributed by atoms with E-state index < -0.39 is 49.8 Å². The molecule has 5 rings (SSSR count). The number of amidine groups is 1. The summed E-state index contributed by atoms with van der Waals surface area (Å²) < 4.78 is 83.5. The minimum atomic E-state index is -5.63. The Labute approximate surface area is 261 Å². The van der Waals surface area contributed by atoms with Crippen molar-refractivity contribution in [1.82, 2.24) is 10.9 Å². The zero-order valence-corrected chi connectivity index (χ0v) is 25.1. The molecule has 4 unspecified atom stereocenters. The first-order valence-electron chi connectivity index (χ1n) is 14.1. The van der Waals surface area contributed by atoms with Gasteiger partial charge in [-0.2, -0.15) is 13.2 Å². The van der Waals surface area contributed by atoms with Crippen molar-refractivity contribution in [3.8, 4) is 16.9 Å². The molecule has 2 bridgehead atoms. The number of halogens is 4. The summed E-state index contributed by atoms with van der Waals surface area (Å²) in [5.41, 5.74) is 3.32. The summed E-state index contributed by atoms with van der Waals surface area (Å²) in [7, 11) is -4.34. The molecule has 0 heterocycles. The first kappa shape index (κ1) is 32.7. The number of benzene rings is 3. The van der Waals surface area contributed by atoms with Gasteiger partial charge in [-0.25, -0.2) is 24.2 Å². The number of nitrogens with one attached hydrogen (secondary N) is 3. The SMILES string of the molecule is COc1cc(F)c(-c2ccc(/C(N)=N/NN)cc2)cc1C(=O)NC1C2CCC(C2)C1C(=O)Nc1cccc(S(=O)(=O)C(F)(F)F)c1. The van der Waals surface area contributed by atoms with Crippen molar-refractivity contribution in [2.24, 2.45) is 34.4 Å². The first-order chi connectivity index (χ1) is 21.7. The molecule has 11 nitrogen and oxygen atoms in total. The molecule has 2 amide bonds. The number of hydrazine groups is 1. The lowest BCUT2D eigenvalue weighted by molar-refractivity contribution is -0.122. The maximum atomic E-state index is 15.2. The Hall–Kier alpha value is -4.70. The van der Waals surface area contributed by atoms with Gasteiger partial charge in [0.2, 0.25) is 5.91 Å². The number of rotatable bonds is 9. The van der Waals surface area contributed by atoms with Crippen LogP contribution in [-0.4, -0.2) is 44.7 Å². The second-order valence-corrected chi connectivity index (χ2v) is 13.0. The number of carbonyl (C=O) groups is 2. The largest absolute Gasteiger partial charge is 0.501 e. The van der Waals surface area contributed by atoms with Crippen LogP contribution in [0.5, 0.6) is 5.75 Å². The van der Waals surface area contributed by atoms with E-state index in [0.29, 0.717) is 24.0 Å². The molecule has 16 heteroatoms. The average molecular weight is 663 g/mol. The van der Waals surface area contributed by atoms with Crippen LogP contribution in [0, 0.1) is 23.6 Å². The number of sulfone groups is 1. The van der Waals surface area contributed by atoms with Gasteiger partial charge in [-0.15, -0.1) is 5.10 Å². The number of fused-ring (bicyclic) bond motifs is 2. The Bertz CT molecular complexity index is 1800. The summed E-state index contributed by atoms with van der Waals surface area (Å²) in [6.45, 7) is 0. The van der Waals surface area contributed by atoms with E-state index in [0.717, 1.165) is 30.7 Å². The molecule has 0 aliphatic heterocycles. The minimum absolute atomic E-state index is 0.0170. The van der Waals surface area contributed by atoms with Crippen molar-refractivity contribution < 1.29 is 40.3 Å². The smallest absolute Gasteiger partial charge is 0.496 e. The van der Waals surface area contributed by atoms with Crippen LogP contribution in [0.3, 0.4) is 0 Å². The number of carbonyl (C=O) groups excluding carboxylic acids is 2. The first-order valence-corrected chi connectivity index (χ1v) is 15.5. The number of amides is 2.